The van der Waals surface area contributed by atoms with Crippen LogP contribution in [0.25, 0.3) is 0 Å². The van der Waals surface area contributed by atoms with Gasteiger partial charge in [0.2, 0.25) is 23.6 Å². The van der Waals surface area contributed by atoms with Gasteiger partial charge in [0.05, 0.1) is 5.25 Å². The SMILES string of the molecule is NC(=O)CCCN1C(=O)CC(SCCC(=O)NS)C1=O. The van der Waals surface area contributed by atoms with Crippen molar-refractivity contribution in [2.45, 2.75) is 30.9 Å². The first-order valence-corrected chi connectivity index (χ1v) is 7.62. The number of nitrogens with two attached hydrogens (primary N) is 1. The lowest BCUT2D eigenvalue weighted by Crippen LogP contribution is -2.33. The second kappa shape index (κ2) is 8.15. The number of carbonyl (C=O) groups is 4. The second-order valence-corrected chi connectivity index (χ2v) is 5.84. The van der Waals surface area contributed by atoms with Gasteiger partial charge in [-0.05, 0) is 6.42 Å². The third-order valence-electron chi connectivity index (χ3n) is 2.78. The molecule has 0 spiro atoms. The number of nitrogens with zero attached hydrogens (tertiary/aromatic N) is 1. The van der Waals surface area contributed by atoms with E-state index in [1.807, 2.05) is 0 Å². The van der Waals surface area contributed by atoms with Crippen LogP contribution < -0.4 is 10.5 Å². The third-order valence-corrected chi connectivity index (χ3v) is 4.24. The van der Waals surface area contributed by atoms with Gasteiger partial charge in [-0.3, -0.25) is 24.1 Å². The zero-order chi connectivity index (χ0) is 15.1. The van der Waals surface area contributed by atoms with Gasteiger partial charge in [0.1, 0.15) is 0 Å². The first-order valence-electron chi connectivity index (χ1n) is 6.12. The van der Waals surface area contributed by atoms with Crippen molar-refractivity contribution in [3.05, 3.63) is 0 Å². The maximum Gasteiger partial charge on any atom is 0.242 e. The summed E-state index contributed by atoms with van der Waals surface area (Å²) in [5.74, 6) is -0.722. The van der Waals surface area contributed by atoms with Gasteiger partial charge in [-0.15, -0.1) is 11.8 Å². The standard InChI is InChI=1S/C11H17N3O4S2/c12-8(15)2-1-4-14-10(17)6-7(11(14)18)20-5-3-9(16)13-19/h7,19H,1-6H2,(H2,12,15)(H,13,16). The molecule has 0 aromatic heterocycles. The van der Waals surface area contributed by atoms with E-state index in [9.17, 15) is 19.2 Å². The molecular weight excluding hydrogens is 302 g/mol. The molecule has 1 atom stereocenters. The summed E-state index contributed by atoms with van der Waals surface area (Å²) in [5.41, 5.74) is 5.01. The summed E-state index contributed by atoms with van der Waals surface area (Å²) in [7, 11) is 0. The van der Waals surface area contributed by atoms with Crippen LogP contribution in [0.3, 0.4) is 0 Å². The molecule has 0 aliphatic carbocycles. The number of carbonyl (C=O) groups excluding carboxylic acids is 4. The molecule has 1 saturated heterocycles. The second-order valence-electron chi connectivity index (χ2n) is 4.30. The van der Waals surface area contributed by atoms with Crippen LogP contribution in [-0.4, -0.2) is 46.1 Å². The van der Waals surface area contributed by atoms with Gasteiger partial charge < -0.3 is 10.5 Å². The van der Waals surface area contributed by atoms with Crippen LogP contribution in [0.1, 0.15) is 25.7 Å². The molecule has 4 amide bonds. The molecular formula is C11H17N3O4S2. The van der Waals surface area contributed by atoms with E-state index in [0.717, 1.165) is 0 Å². The minimum Gasteiger partial charge on any atom is -0.370 e. The summed E-state index contributed by atoms with van der Waals surface area (Å²) in [6, 6.07) is 0. The Morgan fingerprint density at radius 3 is 2.70 bits per heavy atom. The average Bonchev–Trinajstić information content (AvgIpc) is 2.65. The third kappa shape index (κ3) is 5.04. The number of hydrogen-bond donors (Lipinski definition) is 3. The van der Waals surface area contributed by atoms with Crippen LogP contribution >= 0.6 is 24.6 Å². The largest absolute Gasteiger partial charge is 0.370 e. The van der Waals surface area contributed by atoms with Crippen LogP contribution in [0, 0.1) is 0 Å². The molecule has 1 fully saturated rings. The molecule has 1 aliphatic heterocycles. The van der Waals surface area contributed by atoms with E-state index in [-0.39, 0.29) is 43.5 Å². The van der Waals surface area contributed by atoms with Crippen LogP contribution in [0.4, 0.5) is 0 Å². The molecule has 1 rings (SSSR count). The summed E-state index contributed by atoms with van der Waals surface area (Å²) < 4.78 is 2.19. The van der Waals surface area contributed by atoms with Crippen LogP contribution in [0.5, 0.6) is 0 Å². The van der Waals surface area contributed by atoms with E-state index in [4.69, 9.17) is 5.73 Å². The molecule has 1 aliphatic rings. The molecule has 0 bridgehead atoms. The fourth-order valence-corrected chi connectivity index (χ4v) is 3.01. The predicted octanol–water partition coefficient (Wildman–Crippen LogP) is -0.536. The summed E-state index contributed by atoms with van der Waals surface area (Å²) in [5, 5.41) is -0.441. The molecule has 3 N–H and O–H groups in total. The monoisotopic (exact) mass is 319 g/mol. The molecule has 20 heavy (non-hydrogen) atoms. The smallest absolute Gasteiger partial charge is 0.242 e. The van der Waals surface area contributed by atoms with E-state index in [1.165, 1.54) is 16.7 Å². The van der Waals surface area contributed by atoms with Crippen molar-refractivity contribution in [3.8, 4) is 0 Å². The van der Waals surface area contributed by atoms with Gasteiger partial charge in [-0.1, -0.05) is 12.8 Å². The van der Waals surface area contributed by atoms with Crippen molar-refractivity contribution in [1.82, 2.24) is 9.62 Å². The number of rotatable bonds is 8. The highest BCUT2D eigenvalue weighted by molar-refractivity contribution is 8.00. The predicted molar refractivity (Wildman–Crippen MR) is 77.8 cm³/mol. The van der Waals surface area contributed by atoms with E-state index >= 15 is 0 Å². The summed E-state index contributed by atoms with van der Waals surface area (Å²) in [6.07, 6.45) is 0.916. The molecule has 0 aromatic carbocycles. The van der Waals surface area contributed by atoms with Crippen molar-refractivity contribution in [2.75, 3.05) is 12.3 Å². The van der Waals surface area contributed by atoms with E-state index in [1.54, 1.807) is 0 Å². The molecule has 7 nitrogen and oxygen atoms in total. The van der Waals surface area contributed by atoms with Crippen LogP contribution in [-0.2, 0) is 19.2 Å². The van der Waals surface area contributed by atoms with Crippen LogP contribution in [0.15, 0.2) is 0 Å². The molecule has 112 valence electrons. The number of hydrogen-bond acceptors (Lipinski definition) is 6. The lowest BCUT2D eigenvalue weighted by atomic mass is 10.3. The molecule has 1 heterocycles. The Bertz CT molecular complexity index is 416. The van der Waals surface area contributed by atoms with Gasteiger partial charge in [0.25, 0.3) is 0 Å². The van der Waals surface area contributed by atoms with Gasteiger partial charge in [0, 0.05) is 31.6 Å². The van der Waals surface area contributed by atoms with E-state index in [2.05, 4.69) is 17.5 Å². The zero-order valence-corrected chi connectivity index (χ0v) is 12.5. The van der Waals surface area contributed by atoms with Gasteiger partial charge >= 0.3 is 0 Å². The van der Waals surface area contributed by atoms with Gasteiger partial charge in [-0.2, -0.15) is 0 Å². The number of amides is 4. The lowest BCUT2D eigenvalue weighted by molar-refractivity contribution is -0.138. The molecule has 9 heteroatoms. The van der Waals surface area contributed by atoms with E-state index < -0.39 is 11.2 Å². The zero-order valence-electron chi connectivity index (χ0n) is 10.8. The highest BCUT2D eigenvalue weighted by atomic mass is 32.2. The molecule has 1 unspecified atom stereocenters. The number of thiol groups is 1. The number of nitrogens with one attached hydrogen (secondary N) is 1. The van der Waals surface area contributed by atoms with Crippen molar-refractivity contribution in [2.24, 2.45) is 5.73 Å². The Kier molecular flexibility index (Phi) is 6.86. The summed E-state index contributed by atoms with van der Waals surface area (Å²) >= 11 is 4.91. The Morgan fingerprint density at radius 1 is 1.40 bits per heavy atom. The Morgan fingerprint density at radius 2 is 2.10 bits per heavy atom. The molecule has 0 aromatic rings. The number of primary amides is 1. The maximum absolute atomic E-state index is 12.0. The highest BCUT2D eigenvalue weighted by Gasteiger charge is 2.38. The quantitative estimate of drug-likeness (QED) is 0.411. The number of likely N-dealkylation sites (tertiary alicyclic amines) is 1. The van der Waals surface area contributed by atoms with Gasteiger partial charge in [-0.25, -0.2) is 0 Å². The Labute approximate surface area is 126 Å². The normalized spacial score (nSPS) is 18.4. The van der Waals surface area contributed by atoms with Crippen molar-refractivity contribution >= 4 is 48.2 Å². The number of thioether (sulfide) groups is 1. The minimum atomic E-state index is -0.451. The number of imide groups is 1. The lowest BCUT2D eigenvalue weighted by Gasteiger charge is -2.14. The topological polar surface area (TPSA) is 110 Å². The molecule has 0 saturated carbocycles. The van der Waals surface area contributed by atoms with Crippen molar-refractivity contribution < 1.29 is 19.2 Å². The minimum absolute atomic E-state index is 0.141. The first kappa shape index (κ1) is 16.8. The fourth-order valence-electron chi connectivity index (χ4n) is 1.78. The average molecular weight is 319 g/mol. The van der Waals surface area contributed by atoms with Crippen molar-refractivity contribution in [3.63, 3.8) is 0 Å². The Balaban J connectivity index is 2.37. The van der Waals surface area contributed by atoms with Crippen LogP contribution in [0.2, 0.25) is 0 Å². The highest BCUT2D eigenvalue weighted by Crippen LogP contribution is 2.25. The first-order chi connectivity index (χ1) is 9.45. The molecule has 0 radical (unpaired) electrons. The fraction of sp³-hybridized carbons (Fsp3) is 0.636. The van der Waals surface area contributed by atoms with Gasteiger partial charge in [0.15, 0.2) is 0 Å². The summed E-state index contributed by atoms with van der Waals surface area (Å²) in [6.45, 7) is 0.217. The van der Waals surface area contributed by atoms with Crippen molar-refractivity contribution in [1.29, 1.82) is 0 Å². The summed E-state index contributed by atoms with van der Waals surface area (Å²) in [4.78, 5) is 46.5. The van der Waals surface area contributed by atoms with E-state index in [0.29, 0.717) is 12.2 Å². The Hall–Kier alpha value is -1.22. The maximum atomic E-state index is 12.0.